The van der Waals surface area contributed by atoms with Crippen LogP contribution in [0.4, 0.5) is 0 Å². The molecule has 0 bridgehead atoms. The number of nitrogens with zero attached hydrogens (tertiary/aromatic N) is 2. The molecule has 0 N–H and O–H groups in total. The lowest BCUT2D eigenvalue weighted by atomic mass is 10.1. The Labute approximate surface area is 127 Å². The van der Waals surface area contributed by atoms with Gasteiger partial charge in [-0.1, -0.05) is 12.1 Å². The molecule has 1 aliphatic carbocycles. The zero-order valence-corrected chi connectivity index (χ0v) is 12.1. The van der Waals surface area contributed by atoms with Crippen molar-refractivity contribution >= 4 is 11.8 Å². The third-order valence-corrected chi connectivity index (χ3v) is 4.54. The molecule has 110 valence electrons. The van der Waals surface area contributed by atoms with Crippen LogP contribution in [0.1, 0.15) is 50.0 Å². The number of hydrogen-bond acceptors (Lipinski definition) is 3. The predicted octanol–water partition coefficient (Wildman–Crippen LogP) is 1.91. The number of rotatable bonds is 1. The Balaban J connectivity index is 1.79. The molecule has 1 aliphatic heterocycles. The largest absolute Gasteiger partial charge is 0.619 e. The monoisotopic (exact) mass is 294 g/mol. The summed E-state index contributed by atoms with van der Waals surface area (Å²) in [5, 5.41) is 11.7. The third-order valence-electron chi connectivity index (χ3n) is 4.54. The van der Waals surface area contributed by atoms with E-state index >= 15 is 0 Å². The van der Waals surface area contributed by atoms with Crippen molar-refractivity contribution in [1.29, 1.82) is 0 Å². The van der Waals surface area contributed by atoms with Gasteiger partial charge in [-0.3, -0.25) is 14.5 Å². The van der Waals surface area contributed by atoms with E-state index in [1.165, 1.54) is 4.90 Å². The fourth-order valence-corrected chi connectivity index (χ4v) is 3.43. The van der Waals surface area contributed by atoms with Gasteiger partial charge in [0.1, 0.15) is 0 Å². The SMILES string of the molecule is Cc1cc2c(c[n+]1[O-])CCC2N1C(=O)c2ccccc2C1=O. The second-order valence-corrected chi connectivity index (χ2v) is 5.80. The molecular weight excluding hydrogens is 280 g/mol. The van der Waals surface area contributed by atoms with Crippen molar-refractivity contribution in [3.05, 3.63) is 69.7 Å². The second kappa shape index (κ2) is 4.40. The molecule has 2 aromatic rings. The lowest BCUT2D eigenvalue weighted by Gasteiger charge is -2.22. The number of aryl methyl sites for hydroxylation is 2. The highest BCUT2D eigenvalue weighted by molar-refractivity contribution is 6.21. The molecule has 1 unspecified atom stereocenters. The summed E-state index contributed by atoms with van der Waals surface area (Å²) < 4.78 is 0.837. The quantitative estimate of drug-likeness (QED) is 0.458. The minimum Gasteiger partial charge on any atom is -0.619 e. The minimum absolute atomic E-state index is 0.241. The summed E-state index contributed by atoms with van der Waals surface area (Å²) >= 11 is 0. The maximum absolute atomic E-state index is 12.6. The number of imide groups is 1. The first-order valence-corrected chi connectivity index (χ1v) is 7.27. The summed E-state index contributed by atoms with van der Waals surface area (Å²) in [6.45, 7) is 1.73. The zero-order chi connectivity index (χ0) is 15.4. The molecule has 0 saturated heterocycles. The van der Waals surface area contributed by atoms with Crippen molar-refractivity contribution in [2.24, 2.45) is 0 Å². The summed E-state index contributed by atoms with van der Waals surface area (Å²) in [6, 6.07) is 8.42. The smallest absolute Gasteiger partial charge is 0.262 e. The van der Waals surface area contributed by atoms with Crippen LogP contribution < -0.4 is 4.73 Å². The Morgan fingerprint density at radius 1 is 1.18 bits per heavy atom. The predicted molar refractivity (Wildman–Crippen MR) is 78.1 cm³/mol. The van der Waals surface area contributed by atoms with E-state index in [1.54, 1.807) is 43.5 Å². The number of fused-ring (bicyclic) bond motifs is 2. The highest BCUT2D eigenvalue weighted by Gasteiger charge is 2.43. The first-order valence-electron chi connectivity index (χ1n) is 7.27. The molecule has 0 saturated carbocycles. The summed E-state index contributed by atoms with van der Waals surface area (Å²) in [4.78, 5) is 26.5. The molecule has 2 heterocycles. The van der Waals surface area contributed by atoms with Gasteiger partial charge in [0.05, 0.1) is 17.2 Å². The van der Waals surface area contributed by atoms with E-state index in [4.69, 9.17) is 0 Å². The summed E-state index contributed by atoms with van der Waals surface area (Å²) in [7, 11) is 0. The van der Waals surface area contributed by atoms with Crippen molar-refractivity contribution in [2.45, 2.75) is 25.8 Å². The van der Waals surface area contributed by atoms with Gasteiger partial charge < -0.3 is 5.21 Å². The zero-order valence-electron chi connectivity index (χ0n) is 12.1. The molecule has 2 amide bonds. The van der Waals surface area contributed by atoms with Crippen LogP contribution in [0, 0.1) is 12.1 Å². The van der Waals surface area contributed by atoms with E-state index in [0.29, 0.717) is 29.7 Å². The van der Waals surface area contributed by atoms with Crippen LogP contribution in [0.3, 0.4) is 0 Å². The fourth-order valence-electron chi connectivity index (χ4n) is 3.43. The van der Waals surface area contributed by atoms with Gasteiger partial charge in [-0.15, -0.1) is 0 Å². The molecule has 5 nitrogen and oxygen atoms in total. The molecule has 0 radical (unpaired) electrons. The van der Waals surface area contributed by atoms with E-state index in [-0.39, 0.29) is 17.9 Å². The van der Waals surface area contributed by atoms with E-state index in [2.05, 4.69) is 0 Å². The topological polar surface area (TPSA) is 64.3 Å². The fraction of sp³-hybridized carbons (Fsp3) is 0.235. The molecule has 22 heavy (non-hydrogen) atoms. The number of hydrogen-bond donors (Lipinski definition) is 0. The average molecular weight is 294 g/mol. The number of carbonyl (C=O) groups is 2. The Morgan fingerprint density at radius 2 is 1.82 bits per heavy atom. The Morgan fingerprint density at radius 3 is 2.45 bits per heavy atom. The van der Waals surface area contributed by atoms with Gasteiger partial charge in [-0.2, -0.15) is 4.73 Å². The van der Waals surface area contributed by atoms with Crippen molar-refractivity contribution in [3.8, 4) is 0 Å². The average Bonchev–Trinajstić information content (AvgIpc) is 3.00. The van der Waals surface area contributed by atoms with Gasteiger partial charge in [-0.25, -0.2) is 0 Å². The normalized spacial score (nSPS) is 19.5. The van der Waals surface area contributed by atoms with Crippen LogP contribution in [0.15, 0.2) is 36.5 Å². The molecule has 1 aromatic heterocycles. The maximum Gasteiger partial charge on any atom is 0.262 e. The number of benzene rings is 1. The van der Waals surface area contributed by atoms with Gasteiger partial charge in [0.2, 0.25) is 0 Å². The standard InChI is InChI=1S/C17H14N2O3/c1-10-8-14-11(9-18(10)22)6-7-15(14)19-16(20)12-4-2-3-5-13(12)17(19)21/h2-5,8-9,15H,6-7H2,1H3. The van der Waals surface area contributed by atoms with Gasteiger partial charge >= 0.3 is 0 Å². The molecular formula is C17H14N2O3. The van der Waals surface area contributed by atoms with Crippen molar-refractivity contribution in [1.82, 2.24) is 4.90 Å². The molecule has 5 heteroatoms. The van der Waals surface area contributed by atoms with Crippen LogP contribution in [0.5, 0.6) is 0 Å². The molecule has 1 atom stereocenters. The number of pyridine rings is 1. The second-order valence-electron chi connectivity index (χ2n) is 5.80. The molecule has 0 spiro atoms. The van der Waals surface area contributed by atoms with Crippen LogP contribution >= 0.6 is 0 Å². The number of carbonyl (C=O) groups excluding carboxylic acids is 2. The number of aromatic nitrogens is 1. The highest BCUT2D eigenvalue weighted by Crippen LogP contribution is 2.39. The van der Waals surface area contributed by atoms with Gasteiger partial charge in [-0.05, 0) is 30.5 Å². The summed E-state index contributed by atoms with van der Waals surface area (Å²) in [5.74, 6) is -0.482. The van der Waals surface area contributed by atoms with Crippen molar-refractivity contribution in [3.63, 3.8) is 0 Å². The first-order chi connectivity index (χ1) is 10.6. The molecule has 4 rings (SSSR count). The van der Waals surface area contributed by atoms with Gasteiger partial charge in [0.15, 0.2) is 11.9 Å². The van der Waals surface area contributed by atoms with Crippen molar-refractivity contribution in [2.75, 3.05) is 0 Å². The van der Waals surface area contributed by atoms with Crippen LogP contribution in [-0.4, -0.2) is 16.7 Å². The lowest BCUT2D eigenvalue weighted by molar-refractivity contribution is -0.612. The number of amides is 2. The van der Waals surface area contributed by atoms with E-state index < -0.39 is 0 Å². The van der Waals surface area contributed by atoms with Gasteiger partial charge in [0, 0.05) is 18.6 Å². The van der Waals surface area contributed by atoms with E-state index in [1.807, 2.05) is 0 Å². The Kier molecular flexibility index (Phi) is 2.60. The summed E-state index contributed by atoms with van der Waals surface area (Å²) in [6.07, 6.45) is 2.93. The van der Waals surface area contributed by atoms with Crippen LogP contribution in [0.25, 0.3) is 0 Å². The van der Waals surface area contributed by atoms with Crippen molar-refractivity contribution < 1.29 is 14.3 Å². The summed E-state index contributed by atoms with van der Waals surface area (Å²) in [5.41, 5.74) is 3.34. The van der Waals surface area contributed by atoms with Gasteiger partial charge in [0.25, 0.3) is 11.8 Å². The third kappa shape index (κ3) is 1.62. The van der Waals surface area contributed by atoms with E-state index in [0.717, 1.165) is 15.9 Å². The lowest BCUT2D eigenvalue weighted by Crippen LogP contribution is -2.34. The Bertz CT molecular complexity index is 794. The minimum atomic E-state index is -0.276. The Hall–Kier alpha value is -2.69. The van der Waals surface area contributed by atoms with Crippen LogP contribution in [-0.2, 0) is 6.42 Å². The first kappa shape index (κ1) is 13.0. The van der Waals surface area contributed by atoms with Crippen LogP contribution in [0.2, 0.25) is 0 Å². The molecule has 0 fully saturated rings. The molecule has 2 aliphatic rings. The highest BCUT2D eigenvalue weighted by atomic mass is 16.5. The van der Waals surface area contributed by atoms with E-state index in [9.17, 15) is 14.8 Å². The maximum atomic E-state index is 12.6. The molecule has 1 aromatic carbocycles.